The maximum Gasteiger partial charge on any atom is 0.213 e. The predicted molar refractivity (Wildman–Crippen MR) is 82.4 cm³/mol. The van der Waals surface area contributed by atoms with Gasteiger partial charge in [0, 0.05) is 19.6 Å². The molecular weight excluding hydrogens is 276 g/mol. The molecule has 0 radical (unpaired) electrons. The van der Waals surface area contributed by atoms with Crippen LogP contribution >= 0.6 is 0 Å². The van der Waals surface area contributed by atoms with Gasteiger partial charge in [-0.2, -0.15) is 0 Å². The van der Waals surface area contributed by atoms with E-state index in [1.165, 1.54) is 4.31 Å². The zero-order chi connectivity index (χ0) is 15.6. The molecule has 0 aromatic heterocycles. The highest BCUT2D eigenvalue weighted by molar-refractivity contribution is 7.89. The number of hydrogen-bond acceptors (Lipinski definition) is 4. The van der Waals surface area contributed by atoms with Gasteiger partial charge in [-0.1, -0.05) is 0 Å². The van der Waals surface area contributed by atoms with E-state index in [0.29, 0.717) is 12.6 Å². The Kier molecular flexibility index (Phi) is 5.63. The van der Waals surface area contributed by atoms with Crippen molar-refractivity contribution in [3.8, 4) is 0 Å². The summed E-state index contributed by atoms with van der Waals surface area (Å²) >= 11 is 0. The highest BCUT2D eigenvalue weighted by atomic mass is 32.2. The van der Waals surface area contributed by atoms with Gasteiger partial charge in [-0.15, -0.1) is 0 Å². The van der Waals surface area contributed by atoms with Crippen LogP contribution in [-0.4, -0.2) is 55.9 Å². The van der Waals surface area contributed by atoms with Gasteiger partial charge in [0.2, 0.25) is 10.0 Å². The highest BCUT2D eigenvalue weighted by Gasteiger charge is 2.45. The first-order valence-electron chi connectivity index (χ1n) is 7.38. The van der Waals surface area contributed by atoms with Crippen LogP contribution in [0.15, 0.2) is 0 Å². The molecule has 0 amide bonds. The average Bonchev–Trinajstić information content (AvgIpc) is 2.52. The van der Waals surface area contributed by atoms with Crippen molar-refractivity contribution in [2.45, 2.75) is 64.7 Å². The summed E-state index contributed by atoms with van der Waals surface area (Å²) < 4.78 is 30.7. The van der Waals surface area contributed by atoms with E-state index in [9.17, 15) is 8.42 Å². The molecule has 1 rings (SSSR count). The van der Waals surface area contributed by atoms with Gasteiger partial charge in [0.05, 0.1) is 17.0 Å². The van der Waals surface area contributed by atoms with E-state index in [0.717, 1.165) is 19.4 Å². The minimum Gasteiger partial charge on any atom is -0.368 e. The summed E-state index contributed by atoms with van der Waals surface area (Å²) in [5.74, 6) is 0.161. The molecule has 0 aliphatic carbocycles. The first kappa shape index (κ1) is 17.9. The Bertz CT molecular complexity index is 418. The minimum atomic E-state index is -3.06. The van der Waals surface area contributed by atoms with Crippen LogP contribution in [0.3, 0.4) is 0 Å². The summed E-state index contributed by atoms with van der Waals surface area (Å²) in [6.07, 6.45) is 1.78. The molecule has 0 spiro atoms. The van der Waals surface area contributed by atoms with E-state index in [4.69, 9.17) is 4.74 Å². The molecule has 0 saturated carbocycles. The number of ether oxygens (including phenoxy) is 1. The van der Waals surface area contributed by atoms with Crippen molar-refractivity contribution in [3.05, 3.63) is 0 Å². The zero-order valence-corrected chi connectivity index (χ0v) is 14.5. The lowest BCUT2D eigenvalue weighted by Crippen LogP contribution is -2.44. The summed E-state index contributed by atoms with van der Waals surface area (Å²) in [5, 5.41) is 3.51. The third-order valence-corrected chi connectivity index (χ3v) is 5.82. The summed E-state index contributed by atoms with van der Waals surface area (Å²) in [6.45, 7) is 11.5. The van der Waals surface area contributed by atoms with Crippen LogP contribution in [0.4, 0.5) is 0 Å². The van der Waals surface area contributed by atoms with Crippen LogP contribution in [0, 0.1) is 0 Å². The van der Waals surface area contributed by atoms with Gasteiger partial charge in [0.15, 0.2) is 0 Å². The molecular formula is C14H30N2O3S. The molecule has 0 aromatic rings. The topological polar surface area (TPSA) is 58.6 Å². The van der Waals surface area contributed by atoms with Crippen LogP contribution in [0.1, 0.15) is 47.5 Å². The number of rotatable bonds is 7. The van der Waals surface area contributed by atoms with E-state index >= 15 is 0 Å². The largest absolute Gasteiger partial charge is 0.368 e. The Morgan fingerprint density at radius 2 is 1.90 bits per heavy atom. The molecule has 1 fully saturated rings. The molecule has 1 heterocycles. The summed E-state index contributed by atoms with van der Waals surface area (Å²) in [7, 11) is -1.41. The smallest absolute Gasteiger partial charge is 0.213 e. The molecule has 0 bridgehead atoms. The average molecular weight is 306 g/mol. The second-order valence-corrected chi connectivity index (χ2v) is 9.12. The summed E-state index contributed by atoms with van der Waals surface area (Å²) in [6, 6.07) is 0.311. The van der Waals surface area contributed by atoms with Crippen molar-refractivity contribution in [2.24, 2.45) is 0 Å². The fourth-order valence-corrected chi connectivity index (χ4v) is 3.67. The van der Waals surface area contributed by atoms with E-state index in [-0.39, 0.29) is 17.0 Å². The second-order valence-electron chi connectivity index (χ2n) is 6.75. The number of sulfonamides is 1. The van der Waals surface area contributed by atoms with E-state index in [2.05, 4.69) is 33.0 Å². The molecule has 5 nitrogen and oxygen atoms in total. The van der Waals surface area contributed by atoms with Gasteiger partial charge in [-0.05, 0) is 54.0 Å². The van der Waals surface area contributed by atoms with Crippen LogP contribution < -0.4 is 5.32 Å². The summed E-state index contributed by atoms with van der Waals surface area (Å²) in [5.41, 5.74) is -0.269. The van der Waals surface area contributed by atoms with Gasteiger partial charge in [-0.25, -0.2) is 12.7 Å². The van der Waals surface area contributed by atoms with Gasteiger partial charge in [0.25, 0.3) is 0 Å². The molecule has 1 aliphatic heterocycles. The van der Waals surface area contributed by atoms with Crippen molar-refractivity contribution < 1.29 is 13.2 Å². The van der Waals surface area contributed by atoms with Gasteiger partial charge >= 0.3 is 0 Å². The van der Waals surface area contributed by atoms with Crippen LogP contribution in [0.2, 0.25) is 0 Å². The maximum absolute atomic E-state index is 11.6. The number of nitrogens with zero attached hydrogens (tertiary/aromatic N) is 1. The van der Waals surface area contributed by atoms with Crippen molar-refractivity contribution >= 4 is 10.0 Å². The second kappa shape index (κ2) is 6.30. The molecule has 1 aliphatic rings. The first-order valence-corrected chi connectivity index (χ1v) is 8.99. The zero-order valence-electron chi connectivity index (χ0n) is 13.7. The minimum absolute atomic E-state index is 0.0937. The van der Waals surface area contributed by atoms with Crippen molar-refractivity contribution in [3.63, 3.8) is 0 Å². The van der Waals surface area contributed by atoms with Crippen molar-refractivity contribution in [1.29, 1.82) is 0 Å². The van der Waals surface area contributed by atoms with Gasteiger partial charge in [0.1, 0.15) is 0 Å². The molecule has 6 heteroatoms. The van der Waals surface area contributed by atoms with Gasteiger partial charge in [-0.3, -0.25) is 0 Å². The Hall–Kier alpha value is -0.170. The Morgan fingerprint density at radius 1 is 1.30 bits per heavy atom. The van der Waals surface area contributed by atoms with Crippen LogP contribution in [0.25, 0.3) is 0 Å². The van der Waals surface area contributed by atoms with Crippen molar-refractivity contribution in [1.82, 2.24) is 9.62 Å². The SMILES string of the molecule is CCS(=O)(=O)N(C)CCCNC1CC(C)(C)OC1(C)C. The quantitative estimate of drug-likeness (QED) is 0.726. The standard InChI is InChI=1S/C14H30N2O3S/c1-7-20(17,18)16(6)10-8-9-15-12-11-13(2,3)19-14(12,4)5/h12,15H,7-11H2,1-6H3. The fourth-order valence-electron chi connectivity index (χ4n) is 2.82. The van der Waals surface area contributed by atoms with E-state index in [1.807, 2.05) is 0 Å². The number of hydrogen-bond donors (Lipinski definition) is 1. The molecule has 120 valence electrons. The lowest BCUT2D eigenvalue weighted by Gasteiger charge is -2.28. The first-order chi connectivity index (χ1) is 9.00. The van der Waals surface area contributed by atoms with E-state index < -0.39 is 10.0 Å². The predicted octanol–water partition coefficient (Wildman–Crippen LogP) is 1.59. The number of nitrogens with one attached hydrogen (secondary N) is 1. The van der Waals surface area contributed by atoms with Crippen LogP contribution in [-0.2, 0) is 14.8 Å². The normalized spacial score (nSPS) is 25.2. The molecule has 1 unspecified atom stereocenters. The maximum atomic E-state index is 11.6. The lowest BCUT2D eigenvalue weighted by molar-refractivity contribution is -0.0697. The third kappa shape index (κ3) is 4.69. The third-order valence-electron chi connectivity index (χ3n) is 3.95. The molecule has 1 N–H and O–H groups in total. The molecule has 20 heavy (non-hydrogen) atoms. The van der Waals surface area contributed by atoms with E-state index in [1.54, 1.807) is 14.0 Å². The Labute approximate surface area is 124 Å². The van der Waals surface area contributed by atoms with Gasteiger partial charge < -0.3 is 10.1 Å². The fraction of sp³-hybridized carbons (Fsp3) is 1.00. The lowest BCUT2D eigenvalue weighted by atomic mass is 9.94. The van der Waals surface area contributed by atoms with Crippen LogP contribution in [0.5, 0.6) is 0 Å². The Balaban J connectivity index is 2.35. The molecule has 0 aromatic carbocycles. The monoisotopic (exact) mass is 306 g/mol. The molecule has 1 saturated heterocycles. The molecule has 1 atom stereocenters. The Morgan fingerprint density at radius 3 is 2.35 bits per heavy atom. The van der Waals surface area contributed by atoms with Crippen molar-refractivity contribution in [2.75, 3.05) is 25.9 Å². The highest BCUT2D eigenvalue weighted by Crippen LogP contribution is 2.37. The summed E-state index contributed by atoms with van der Waals surface area (Å²) in [4.78, 5) is 0.